The van der Waals surface area contributed by atoms with Gasteiger partial charge in [-0.25, -0.2) is 4.98 Å². The summed E-state index contributed by atoms with van der Waals surface area (Å²) >= 11 is 0. The molecule has 0 saturated carbocycles. The molecule has 9 nitrogen and oxygen atoms in total. The average Bonchev–Trinajstić information content (AvgIpc) is 3.51. The Morgan fingerprint density at radius 1 is 0.921 bits per heavy atom. The summed E-state index contributed by atoms with van der Waals surface area (Å²) in [5.74, 6) is -0.0454. The molecule has 0 unspecified atom stereocenters. The van der Waals surface area contributed by atoms with E-state index in [4.69, 9.17) is 4.98 Å². The largest absolute Gasteiger partial charge is 0.352 e. The molecule has 6 aromatic heterocycles. The van der Waals surface area contributed by atoms with Gasteiger partial charge in [0.15, 0.2) is 0 Å². The van der Waals surface area contributed by atoms with Crippen LogP contribution in [0.2, 0.25) is 0 Å². The first-order chi connectivity index (χ1) is 18.3. The summed E-state index contributed by atoms with van der Waals surface area (Å²) in [4.78, 5) is 33.8. The average molecular weight is 503 g/mol. The molecule has 0 spiro atoms. The van der Waals surface area contributed by atoms with Crippen molar-refractivity contribution in [2.45, 2.75) is 27.2 Å². The Hall–Kier alpha value is -4.92. The van der Waals surface area contributed by atoms with Gasteiger partial charge in [0, 0.05) is 53.3 Å². The van der Waals surface area contributed by atoms with E-state index in [-0.39, 0.29) is 11.3 Å². The van der Waals surface area contributed by atoms with Gasteiger partial charge in [-0.3, -0.25) is 24.8 Å². The lowest BCUT2D eigenvalue weighted by molar-refractivity contribution is -0.117. The van der Waals surface area contributed by atoms with Gasteiger partial charge in [0.1, 0.15) is 11.2 Å². The highest BCUT2D eigenvalue weighted by Gasteiger charge is 2.18. The summed E-state index contributed by atoms with van der Waals surface area (Å²) < 4.78 is 0. The standard InChI is InChI=1S/C29H26N8O/c1-29(2,3)11-26(38)33-19-9-18(13-31-14-19)22-6-7-23-27(35-22)28(37-36-23)24-10-20-21(15-32-16-25(20)34-24)17-5-4-8-30-12-17/h4-10,12-16,34H,11H2,1-3H3,(H,33,38)(H,36,37). The number of carbonyl (C=O) groups excluding carboxylic acids is 1. The van der Waals surface area contributed by atoms with Crippen molar-refractivity contribution < 1.29 is 4.79 Å². The van der Waals surface area contributed by atoms with Gasteiger partial charge in [0.05, 0.1) is 40.5 Å². The summed E-state index contributed by atoms with van der Waals surface area (Å²) in [7, 11) is 0. The number of fused-ring (bicyclic) bond motifs is 2. The number of amides is 1. The molecule has 0 aliphatic rings. The fourth-order valence-electron chi connectivity index (χ4n) is 4.51. The third-order valence-electron chi connectivity index (χ3n) is 6.19. The summed E-state index contributed by atoms with van der Waals surface area (Å²) in [6.07, 6.45) is 11.0. The fraction of sp³-hybridized carbons (Fsp3) is 0.172. The van der Waals surface area contributed by atoms with Crippen LogP contribution in [0.4, 0.5) is 5.69 Å². The highest BCUT2D eigenvalue weighted by molar-refractivity contribution is 6.00. The Kier molecular flexibility index (Phi) is 5.68. The Morgan fingerprint density at radius 2 is 1.76 bits per heavy atom. The van der Waals surface area contributed by atoms with Gasteiger partial charge >= 0.3 is 0 Å². The molecule has 9 heteroatoms. The number of nitrogens with zero attached hydrogens (tertiary/aromatic N) is 5. The zero-order chi connectivity index (χ0) is 26.3. The third kappa shape index (κ3) is 4.61. The molecular weight excluding hydrogens is 476 g/mol. The monoisotopic (exact) mass is 502 g/mol. The number of carbonyl (C=O) groups is 1. The molecule has 0 radical (unpaired) electrons. The summed E-state index contributed by atoms with van der Waals surface area (Å²) in [5, 5.41) is 11.6. The smallest absolute Gasteiger partial charge is 0.224 e. The van der Waals surface area contributed by atoms with Gasteiger partial charge in [0.2, 0.25) is 5.91 Å². The summed E-state index contributed by atoms with van der Waals surface area (Å²) in [5.41, 5.74) is 8.02. The maximum absolute atomic E-state index is 12.4. The second kappa shape index (κ2) is 9.19. The van der Waals surface area contributed by atoms with Crippen LogP contribution in [-0.2, 0) is 4.79 Å². The molecule has 1 amide bonds. The molecule has 6 aromatic rings. The molecule has 38 heavy (non-hydrogen) atoms. The SMILES string of the molecule is CC(C)(C)CC(=O)Nc1cncc(-c2ccc3[nH]nc(-c4cc5c(-c6cccnc6)cncc5[nH]4)c3n2)c1. The number of H-pyrrole nitrogens is 2. The highest BCUT2D eigenvalue weighted by atomic mass is 16.1. The number of rotatable bonds is 5. The van der Waals surface area contributed by atoms with Crippen molar-refractivity contribution in [1.29, 1.82) is 0 Å². The molecule has 6 rings (SSSR count). The van der Waals surface area contributed by atoms with E-state index in [1.165, 1.54) is 0 Å². The van der Waals surface area contributed by atoms with E-state index in [0.717, 1.165) is 50.0 Å². The quantitative estimate of drug-likeness (QED) is 0.265. The minimum absolute atomic E-state index is 0.0454. The highest BCUT2D eigenvalue weighted by Crippen LogP contribution is 2.33. The van der Waals surface area contributed by atoms with E-state index in [9.17, 15) is 4.79 Å². The predicted octanol–water partition coefficient (Wildman–Crippen LogP) is 6.00. The van der Waals surface area contributed by atoms with Crippen LogP contribution in [-0.4, -0.2) is 41.0 Å². The number of aromatic amines is 2. The molecule has 0 aliphatic heterocycles. The van der Waals surface area contributed by atoms with Crippen LogP contribution in [0.1, 0.15) is 27.2 Å². The number of pyridine rings is 4. The van der Waals surface area contributed by atoms with E-state index >= 15 is 0 Å². The van der Waals surface area contributed by atoms with E-state index in [1.54, 1.807) is 24.8 Å². The first kappa shape index (κ1) is 23.5. The zero-order valence-electron chi connectivity index (χ0n) is 21.3. The third-order valence-corrected chi connectivity index (χ3v) is 6.19. The zero-order valence-corrected chi connectivity index (χ0v) is 21.3. The first-order valence-corrected chi connectivity index (χ1v) is 12.3. The van der Waals surface area contributed by atoms with Crippen LogP contribution >= 0.6 is 0 Å². The molecule has 188 valence electrons. The lowest BCUT2D eigenvalue weighted by Gasteiger charge is -2.17. The van der Waals surface area contributed by atoms with Crippen LogP contribution in [0.25, 0.3) is 55.7 Å². The fourth-order valence-corrected chi connectivity index (χ4v) is 4.51. The van der Waals surface area contributed by atoms with Gasteiger partial charge in [-0.2, -0.15) is 5.10 Å². The van der Waals surface area contributed by atoms with Crippen LogP contribution in [0.15, 0.2) is 73.6 Å². The van der Waals surface area contributed by atoms with Crippen molar-refractivity contribution in [3.8, 4) is 33.8 Å². The van der Waals surface area contributed by atoms with Crippen LogP contribution in [0, 0.1) is 5.41 Å². The van der Waals surface area contributed by atoms with Crippen molar-refractivity contribution in [3.05, 3.63) is 73.6 Å². The van der Waals surface area contributed by atoms with Crippen molar-refractivity contribution in [2.75, 3.05) is 5.32 Å². The van der Waals surface area contributed by atoms with Gasteiger partial charge in [-0.05, 0) is 35.7 Å². The number of aromatic nitrogens is 7. The Morgan fingerprint density at radius 3 is 2.58 bits per heavy atom. The van der Waals surface area contributed by atoms with Crippen molar-refractivity contribution >= 4 is 33.5 Å². The lowest BCUT2D eigenvalue weighted by atomic mass is 9.92. The molecule has 0 saturated heterocycles. The molecular formula is C29H26N8O. The predicted molar refractivity (Wildman–Crippen MR) is 148 cm³/mol. The maximum atomic E-state index is 12.4. The molecule has 0 bridgehead atoms. The van der Waals surface area contributed by atoms with E-state index in [1.807, 2.05) is 63.5 Å². The Labute approximate surface area is 218 Å². The molecule has 0 aliphatic carbocycles. The van der Waals surface area contributed by atoms with Crippen LogP contribution in [0.5, 0.6) is 0 Å². The van der Waals surface area contributed by atoms with Gasteiger partial charge < -0.3 is 10.3 Å². The molecule has 0 atom stereocenters. The van der Waals surface area contributed by atoms with Gasteiger partial charge in [-0.1, -0.05) is 26.8 Å². The summed E-state index contributed by atoms with van der Waals surface area (Å²) in [6.45, 7) is 6.10. The number of hydrogen-bond acceptors (Lipinski definition) is 6. The van der Waals surface area contributed by atoms with Crippen molar-refractivity contribution in [2.24, 2.45) is 5.41 Å². The van der Waals surface area contributed by atoms with Crippen LogP contribution < -0.4 is 5.32 Å². The first-order valence-electron chi connectivity index (χ1n) is 12.3. The molecule has 0 aromatic carbocycles. The Bertz CT molecular complexity index is 1780. The normalized spacial score (nSPS) is 11.8. The van der Waals surface area contributed by atoms with Crippen molar-refractivity contribution in [3.63, 3.8) is 0 Å². The van der Waals surface area contributed by atoms with Gasteiger partial charge in [-0.15, -0.1) is 0 Å². The Balaban J connectivity index is 1.36. The lowest BCUT2D eigenvalue weighted by Crippen LogP contribution is -2.19. The molecule has 6 heterocycles. The van der Waals surface area contributed by atoms with Gasteiger partial charge in [0.25, 0.3) is 0 Å². The van der Waals surface area contributed by atoms with E-state index < -0.39 is 0 Å². The number of nitrogens with one attached hydrogen (secondary N) is 3. The minimum atomic E-state index is -0.100. The van der Waals surface area contributed by atoms with Crippen LogP contribution in [0.3, 0.4) is 0 Å². The van der Waals surface area contributed by atoms with Crippen molar-refractivity contribution in [1.82, 2.24) is 35.1 Å². The minimum Gasteiger partial charge on any atom is -0.352 e. The summed E-state index contributed by atoms with van der Waals surface area (Å²) in [6, 6.07) is 11.7. The second-order valence-electron chi connectivity index (χ2n) is 10.5. The molecule has 3 N–H and O–H groups in total. The topological polar surface area (TPSA) is 125 Å². The van der Waals surface area contributed by atoms with E-state index in [0.29, 0.717) is 17.8 Å². The van der Waals surface area contributed by atoms with E-state index in [2.05, 4.69) is 41.5 Å². The molecule has 0 fully saturated rings. The number of hydrogen-bond donors (Lipinski definition) is 3. The number of anilines is 1. The second-order valence-corrected chi connectivity index (χ2v) is 10.5. The maximum Gasteiger partial charge on any atom is 0.224 e.